The van der Waals surface area contributed by atoms with E-state index in [9.17, 15) is 14.4 Å². The number of methoxy groups -OCH3 is 1. The first-order chi connectivity index (χ1) is 13.9. The number of ether oxygens (including phenoxy) is 2. The summed E-state index contributed by atoms with van der Waals surface area (Å²) in [6.45, 7) is 3.34. The zero-order chi connectivity index (χ0) is 21.1. The summed E-state index contributed by atoms with van der Waals surface area (Å²) in [6.07, 6.45) is 1.17. The molecule has 3 rings (SSSR count). The van der Waals surface area contributed by atoms with E-state index in [1.807, 2.05) is 13.0 Å². The Bertz CT molecular complexity index is 1130. The van der Waals surface area contributed by atoms with Crippen molar-refractivity contribution < 1.29 is 23.6 Å². The van der Waals surface area contributed by atoms with Crippen molar-refractivity contribution in [1.82, 2.24) is 14.7 Å². The smallest absolute Gasteiger partial charge is 0.361 e. The summed E-state index contributed by atoms with van der Waals surface area (Å²) in [6, 6.07) is 5.43. The van der Waals surface area contributed by atoms with E-state index in [2.05, 4.69) is 10.1 Å². The normalized spacial score (nSPS) is 10.8. The van der Waals surface area contributed by atoms with E-state index in [4.69, 9.17) is 14.0 Å². The maximum absolute atomic E-state index is 12.8. The molecule has 0 atom stereocenters. The molecular weight excluding hydrogens is 380 g/mol. The van der Waals surface area contributed by atoms with Gasteiger partial charge in [0.2, 0.25) is 11.6 Å². The van der Waals surface area contributed by atoms with Crippen molar-refractivity contribution in [2.24, 2.45) is 0 Å². The van der Waals surface area contributed by atoms with E-state index in [-0.39, 0.29) is 35.9 Å². The summed E-state index contributed by atoms with van der Waals surface area (Å²) in [7, 11) is 3.09. The number of fused-ring (bicyclic) bond motifs is 1. The second-order valence-electron chi connectivity index (χ2n) is 6.24. The van der Waals surface area contributed by atoms with Crippen molar-refractivity contribution in [3.05, 3.63) is 46.1 Å². The minimum Gasteiger partial charge on any atom is -0.495 e. The van der Waals surface area contributed by atoms with Crippen LogP contribution in [0.1, 0.15) is 23.0 Å². The van der Waals surface area contributed by atoms with Gasteiger partial charge in [-0.3, -0.25) is 14.2 Å². The van der Waals surface area contributed by atoms with E-state index in [1.54, 1.807) is 26.1 Å². The summed E-state index contributed by atoms with van der Waals surface area (Å²) < 4.78 is 16.2. The van der Waals surface area contributed by atoms with Crippen molar-refractivity contribution in [2.75, 3.05) is 25.7 Å². The minimum absolute atomic E-state index is 0.101. The molecule has 3 aromatic rings. The molecule has 0 aliphatic heterocycles. The Morgan fingerprint density at radius 3 is 2.76 bits per heavy atom. The number of nitrogens with zero attached hydrogens (tertiary/aromatic N) is 4. The fourth-order valence-corrected chi connectivity index (χ4v) is 2.78. The molecule has 152 valence electrons. The molecule has 0 aliphatic carbocycles. The Balaban J connectivity index is 1.94. The average Bonchev–Trinajstić information content (AvgIpc) is 3.14. The molecule has 29 heavy (non-hydrogen) atoms. The van der Waals surface area contributed by atoms with E-state index < -0.39 is 11.5 Å². The van der Waals surface area contributed by atoms with Crippen LogP contribution in [-0.4, -0.2) is 47.3 Å². The highest BCUT2D eigenvalue weighted by Gasteiger charge is 2.24. The Hall–Kier alpha value is -3.69. The molecule has 0 fully saturated rings. The lowest BCUT2D eigenvalue weighted by atomic mass is 10.2. The molecule has 10 heteroatoms. The zero-order valence-electron chi connectivity index (χ0n) is 16.5. The summed E-state index contributed by atoms with van der Waals surface area (Å²) in [4.78, 5) is 43.0. The van der Waals surface area contributed by atoms with Gasteiger partial charge in [0.05, 0.1) is 19.4 Å². The Labute approximate surface area is 165 Å². The fourth-order valence-electron chi connectivity index (χ4n) is 2.78. The third-order valence-electron chi connectivity index (χ3n) is 4.31. The van der Waals surface area contributed by atoms with E-state index in [0.717, 1.165) is 10.1 Å². The van der Waals surface area contributed by atoms with Crippen LogP contribution in [0.5, 0.6) is 5.75 Å². The number of likely N-dealkylation sites (N-methyl/N-ethyl adjacent to an activating group) is 1. The first-order valence-corrected chi connectivity index (χ1v) is 8.80. The highest BCUT2D eigenvalue weighted by Crippen LogP contribution is 2.28. The Morgan fingerprint density at radius 2 is 2.07 bits per heavy atom. The third-order valence-corrected chi connectivity index (χ3v) is 4.31. The lowest BCUT2D eigenvalue weighted by Crippen LogP contribution is -2.34. The molecule has 10 nitrogen and oxygen atoms in total. The summed E-state index contributed by atoms with van der Waals surface area (Å²) >= 11 is 0. The molecule has 1 aromatic carbocycles. The topological polar surface area (TPSA) is 117 Å². The lowest BCUT2D eigenvalue weighted by Gasteiger charge is -2.21. The van der Waals surface area contributed by atoms with Gasteiger partial charge in [-0.1, -0.05) is 11.2 Å². The molecule has 2 aromatic heterocycles. The lowest BCUT2D eigenvalue weighted by molar-refractivity contribution is -0.118. The number of amides is 1. The molecule has 0 saturated carbocycles. The molecule has 0 unspecified atom stereocenters. The number of anilines is 1. The van der Waals surface area contributed by atoms with Gasteiger partial charge in [-0.15, -0.1) is 0 Å². The number of hydrogen-bond donors (Lipinski definition) is 0. The molecule has 0 bridgehead atoms. The molecule has 1 amide bonds. The van der Waals surface area contributed by atoms with Crippen LogP contribution in [0.3, 0.4) is 0 Å². The van der Waals surface area contributed by atoms with E-state index >= 15 is 0 Å². The maximum atomic E-state index is 12.8. The molecule has 0 aliphatic rings. The summed E-state index contributed by atoms with van der Waals surface area (Å²) in [5.74, 6) is -0.655. The number of aromatic nitrogens is 3. The monoisotopic (exact) mass is 400 g/mol. The van der Waals surface area contributed by atoms with Crippen molar-refractivity contribution in [2.45, 2.75) is 20.4 Å². The Kier molecular flexibility index (Phi) is 5.62. The standard InChI is InChI=1S/C19H20N4O6/c1-5-28-19(26)16-15-17(29-21-16)20-10-23(18(15)25)9-14(24)22(3)12-8-11(2)6-7-13(12)27-4/h6-8,10H,5,9H2,1-4H3. The second-order valence-corrected chi connectivity index (χ2v) is 6.24. The molecule has 0 radical (unpaired) electrons. The maximum Gasteiger partial charge on any atom is 0.361 e. The highest BCUT2D eigenvalue weighted by molar-refractivity contribution is 6.00. The predicted molar refractivity (Wildman–Crippen MR) is 103 cm³/mol. The van der Waals surface area contributed by atoms with Gasteiger partial charge in [-0.2, -0.15) is 0 Å². The van der Waals surface area contributed by atoms with Crippen LogP contribution in [0.25, 0.3) is 11.1 Å². The zero-order valence-corrected chi connectivity index (χ0v) is 16.5. The SMILES string of the molecule is CCOC(=O)c1noc2ncn(CC(=O)N(C)c3cc(C)ccc3OC)c(=O)c12. The number of rotatable bonds is 6. The third kappa shape index (κ3) is 3.82. The van der Waals surface area contributed by atoms with Crippen LogP contribution in [0.15, 0.2) is 33.8 Å². The largest absolute Gasteiger partial charge is 0.495 e. The number of carbonyl (C=O) groups is 2. The molecular formula is C19H20N4O6. The average molecular weight is 400 g/mol. The number of aryl methyl sites for hydroxylation is 1. The second kappa shape index (κ2) is 8.13. The quantitative estimate of drug-likeness (QED) is 0.572. The summed E-state index contributed by atoms with van der Waals surface area (Å²) in [5.41, 5.74) is 0.517. The molecule has 0 N–H and O–H groups in total. The van der Waals surface area contributed by atoms with Gasteiger partial charge < -0.3 is 18.9 Å². The number of carbonyl (C=O) groups excluding carboxylic acids is 2. The van der Waals surface area contributed by atoms with Crippen LogP contribution in [-0.2, 0) is 16.1 Å². The van der Waals surface area contributed by atoms with E-state index in [0.29, 0.717) is 11.4 Å². The number of esters is 1. The fraction of sp³-hybridized carbons (Fsp3) is 0.316. The number of benzene rings is 1. The van der Waals surface area contributed by atoms with Gasteiger partial charge in [0, 0.05) is 7.05 Å². The van der Waals surface area contributed by atoms with Crippen LogP contribution in [0, 0.1) is 6.92 Å². The van der Waals surface area contributed by atoms with Gasteiger partial charge in [0.15, 0.2) is 0 Å². The molecule has 0 saturated heterocycles. The summed E-state index contributed by atoms with van der Waals surface area (Å²) in [5, 5.41) is 3.44. The first-order valence-electron chi connectivity index (χ1n) is 8.80. The van der Waals surface area contributed by atoms with Crippen LogP contribution in [0.2, 0.25) is 0 Å². The van der Waals surface area contributed by atoms with Crippen molar-refractivity contribution in [1.29, 1.82) is 0 Å². The van der Waals surface area contributed by atoms with Gasteiger partial charge in [-0.05, 0) is 31.5 Å². The van der Waals surface area contributed by atoms with Gasteiger partial charge in [0.1, 0.15) is 24.0 Å². The highest BCUT2D eigenvalue weighted by atomic mass is 16.5. The van der Waals surface area contributed by atoms with Gasteiger partial charge in [0.25, 0.3) is 11.3 Å². The van der Waals surface area contributed by atoms with E-state index in [1.165, 1.54) is 18.3 Å². The van der Waals surface area contributed by atoms with Crippen molar-refractivity contribution in [3.8, 4) is 5.75 Å². The number of hydrogen-bond acceptors (Lipinski definition) is 8. The van der Waals surface area contributed by atoms with Crippen molar-refractivity contribution in [3.63, 3.8) is 0 Å². The molecule has 2 heterocycles. The molecule has 0 spiro atoms. The minimum atomic E-state index is -0.796. The van der Waals surface area contributed by atoms with Crippen LogP contribution in [0.4, 0.5) is 5.69 Å². The van der Waals surface area contributed by atoms with Gasteiger partial charge >= 0.3 is 5.97 Å². The predicted octanol–water partition coefficient (Wildman–Crippen LogP) is 1.54. The van der Waals surface area contributed by atoms with Crippen LogP contribution < -0.4 is 15.2 Å². The van der Waals surface area contributed by atoms with Crippen LogP contribution >= 0.6 is 0 Å². The Morgan fingerprint density at radius 1 is 1.31 bits per heavy atom. The first kappa shape index (κ1) is 20.1. The van der Waals surface area contributed by atoms with Gasteiger partial charge in [-0.25, -0.2) is 9.78 Å². The van der Waals surface area contributed by atoms with Crippen molar-refractivity contribution >= 4 is 28.7 Å².